The maximum atomic E-state index is 12.3. The maximum Gasteiger partial charge on any atom is 0.355 e. The highest BCUT2D eigenvalue weighted by molar-refractivity contribution is 5.92. The average molecular weight is 366 g/mol. The molecule has 0 spiro atoms. The molecule has 1 aromatic carbocycles. The van der Waals surface area contributed by atoms with Crippen LogP contribution >= 0.6 is 0 Å². The van der Waals surface area contributed by atoms with Crippen LogP contribution in [0.15, 0.2) is 36.5 Å². The lowest BCUT2D eigenvalue weighted by Gasteiger charge is -2.08. The summed E-state index contributed by atoms with van der Waals surface area (Å²) in [6.45, 7) is 7.38. The fraction of sp³-hybridized carbons (Fsp3) is 0.250. The summed E-state index contributed by atoms with van der Waals surface area (Å²) in [4.78, 5) is 24.2. The van der Waals surface area contributed by atoms with Gasteiger partial charge in [0.25, 0.3) is 0 Å². The quantitative estimate of drug-likeness (QED) is 0.588. The van der Waals surface area contributed by atoms with Crippen molar-refractivity contribution in [3.05, 3.63) is 53.5 Å². The predicted octanol–water partition coefficient (Wildman–Crippen LogP) is 4.10. The summed E-state index contributed by atoms with van der Waals surface area (Å²) in [6, 6.07) is 8.50. The van der Waals surface area contributed by atoms with Crippen molar-refractivity contribution in [3.63, 3.8) is 0 Å². The van der Waals surface area contributed by atoms with E-state index >= 15 is 0 Å². The fourth-order valence-corrected chi connectivity index (χ4v) is 2.88. The zero-order valence-corrected chi connectivity index (χ0v) is 15.7. The van der Waals surface area contributed by atoms with Gasteiger partial charge in [0, 0.05) is 29.2 Å². The molecule has 0 unspecified atom stereocenters. The van der Waals surface area contributed by atoms with Crippen LogP contribution in [0.1, 0.15) is 35.6 Å². The van der Waals surface area contributed by atoms with E-state index in [4.69, 9.17) is 4.74 Å². The number of phenolic OH excluding ortho intramolecular Hbond substituents is 1. The lowest BCUT2D eigenvalue weighted by molar-refractivity contribution is 0.0370. The van der Waals surface area contributed by atoms with Gasteiger partial charge in [0.15, 0.2) is 0 Å². The SMILES string of the molecule is Cc1[nH]c(C(=O)OC(C)C)c(C)c1-c1ccnc(Nc2cccc(O)c2)n1. The number of carbonyl (C=O) groups is 1. The smallest absolute Gasteiger partial charge is 0.355 e. The predicted molar refractivity (Wildman–Crippen MR) is 103 cm³/mol. The number of nitrogens with zero attached hydrogens (tertiary/aromatic N) is 2. The molecule has 0 aliphatic carbocycles. The van der Waals surface area contributed by atoms with Crippen LogP contribution in [-0.2, 0) is 4.74 Å². The van der Waals surface area contributed by atoms with Crippen LogP contribution in [0, 0.1) is 13.8 Å². The highest BCUT2D eigenvalue weighted by Gasteiger charge is 2.21. The highest BCUT2D eigenvalue weighted by atomic mass is 16.5. The van der Waals surface area contributed by atoms with E-state index in [1.165, 1.54) is 0 Å². The van der Waals surface area contributed by atoms with Crippen molar-refractivity contribution < 1.29 is 14.6 Å². The second-order valence-corrected chi connectivity index (χ2v) is 6.52. The van der Waals surface area contributed by atoms with Gasteiger partial charge in [0.2, 0.25) is 5.95 Å². The van der Waals surface area contributed by atoms with Crippen molar-refractivity contribution in [1.82, 2.24) is 15.0 Å². The molecule has 0 aliphatic heterocycles. The molecule has 0 bridgehead atoms. The van der Waals surface area contributed by atoms with Crippen LogP contribution in [0.2, 0.25) is 0 Å². The Morgan fingerprint density at radius 3 is 2.74 bits per heavy atom. The summed E-state index contributed by atoms with van der Waals surface area (Å²) in [6.07, 6.45) is 1.45. The average Bonchev–Trinajstić information content (AvgIpc) is 2.89. The number of benzene rings is 1. The Balaban J connectivity index is 1.93. The summed E-state index contributed by atoms with van der Waals surface area (Å²) in [5.41, 5.74) is 4.23. The second kappa shape index (κ2) is 7.49. The van der Waals surface area contributed by atoms with E-state index in [-0.39, 0.29) is 17.8 Å². The Morgan fingerprint density at radius 2 is 2.04 bits per heavy atom. The molecule has 27 heavy (non-hydrogen) atoms. The molecular weight excluding hydrogens is 344 g/mol. The van der Waals surface area contributed by atoms with Gasteiger partial charge in [-0.15, -0.1) is 0 Å². The van der Waals surface area contributed by atoms with Gasteiger partial charge in [0.1, 0.15) is 11.4 Å². The normalized spacial score (nSPS) is 10.9. The zero-order chi connectivity index (χ0) is 19.6. The van der Waals surface area contributed by atoms with Gasteiger partial charge in [-0.2, -0.15) is 0 Å². The number of H-pyrrole nitrogens is 1. The number of ether oxygens (including phenoxy) is 1. The first-order chi connectivity index (χ1) is 12.8. The lowest BCUT2D eigenvalue weighted by Crippen LogP contribution is -2.13. The molecule has 0 saturated heterocycles. The Morgan fingerprint density at radius 1 is 1.26 bits per heavy atom. The van der Waals surface area contributed by atoms with Crippen LogP contribution in [0.4, 0.5) is 11.6 Å². The molecule has 3 N–H and O–H groups in total. The number of anilines is 2. The highest BCUT2D eigenvalue weighted by Crippen LogP contribution is 2.29. The third-order valence-electron chi connectivity index (χ3n) is 4.00. The number of hydrogen-bond acceptors (Lipinski definition) is 6. The molecule has 0 radical (unpaired) electrons. The van der Waals surface area contributed by atoms with Gasteiger partial charge < -0.3 is 20.1 Å². The Labute approximate surface area is 157 Å². The number of carbonyl (C=O) groups excluding carboxylic acids is 1. The van der Waals surface area contributed by atoms with Crippen molar-refractivity contribution >= 4 is 17.6 Å². The second-order valence-electron chi connectivity index (χ2n) is 6.52. The van der Waals surface area contributed by atoms with Gasteiger partial charge in [0.05, 0.1) is 11.8 Å². The van der Waals surface area contributed by atoms with Crippen molar-refractivity contribution in [2.75, 3.05) is 5.32 Å². The number of aromatic hydroxyl groups is 1. The number of aromatic amines is 1. The standard InChI is InChI=1S/C20H22N4O3/c1-11(2)27-19(26)18-12(3)17(13(4)22-18)16-8-9-21-20(24-16)23-14-6-5-7-15(25)10-14/h5-11,22,25H,1-4H3,(H,21,23,24). The first kappa shape index (κ1) is 18.4. The molecule has 0 aliphatic rings. The first-order valence-electron chi connectivity index (χ1n) is 8.64. The third-order valence-corrected chi connectivity index (χ3v) is 4.00. The number of esters is 1. The van der Waals surface area contributed by atoms with E-state index in [0.29, 0.717) is 23.0 Å². The molecule has 0 amide bonds. The summed E-state index contributed by atoms with van der Waals surface area (Å²) >= 11 is 0. The van der Waals surface area contributed by atoms with E-state index < -0.39 is 0 Å². The summed E-state index contributed by atoms with van der Waals surface area (Å²) < 4.78 is 5.30. The number of aromatic nitrogens is 3. The molecular formula is C20H22N4O3. The summed E-state index contributed by atoms with van der Waals surface area (Å²) in [5, 5.41) is 12.7. The summed E-state index contributed by atoms with van der Waals surface area (Å²) in [5.74, 6) is 0.162. The third kappa shape index (κ3) is 4.08. The molecule has 3 rings (SSSR count). The van der Waals surface area contributed by atoms with E-state index in [0.717, 1.165) is 16.8 Å². The van der Waals surface area contributed by atoms with Gasteiger partial charge in [-0.1, -0.05) is 6.07 Å². The van der Waals surface area contributed by atoms with E-state index in [1.807, 2.05) is 33.8 Å². The molecule has 0 atom stereocenters. The largest absolute Gasteiger partial charge is 0.508 e. The minimum atomic E-state index is -0.385. The topological polar surface area (TPSA) is 100 Å². The molecule has 2 heterocycles. The van der Waals surface area contributed by atoms with Crippen molar-refractivity contribution in [2.24, 2.45) is 0 Å². The van der Waals surface area contributed by atoms with Crippen LogP contribution in [0.5, 0.6) is 5.75 Å². The number of nitrogens with one attached hydrogen (secondary N) is 2. The van der Waals surface area contributed by atoms with Crippen molar-refractivity contribution in [1.29, 1.82) is 0 Å². The van der Waals surface area contributed by atoms with Gasteiger partial charge in [-0.3, -0.25) is 0 Å². The first-order valence-corrected chi connectivity index (χ1v) is 8.64. The maximum absolute atomic E-state index is 12.3. The number of phenols is 1. The Bertz CT molecular complexity index is 979. The molecule has 0 saturated carbocycles. The molecule has 0 fully saturated rings. The van der Waals surface area contributed by atoms with E-state index in [2.05, 4.69) is 20.3 Å². The van der Waals surface area contributed by atoms with E-state index in [1.54, 1.807) is 30.5 Å². The number of rotatable bonds is 5. The molecule has 2 aromatic heterocycles. The monoisotopic (exact) mass is 366 g/mol. The van der Waals surface area contributed by atoms with Crippen LogP contribution in [0.25, 0.3) is 11.3 Å². The minimum absolute atomic E-state index is 0.154. The molecule has 7 nitrogen and oxygen atoms in total. The van der Waals surface area contributed by atoms with Gasteiger partial charge in [-0.25, -0.2) is 14.8 Å². The summed E-state index contributed by atoms with van der Waals surface area (Å²) in [7, 11) is 0. The van der Waals surface area contributed by atoms with Crippen LogP contribution in [0.3, 0.4) is 0 Å². The van der Waals surface area contributed by atoms with Crippen LogP contribution in [-0.4, -0.2) is 32.1 Å². The van der Waals surface area contributed by atoms with Gasteiger partial charge in [-0.05, 0) is 51.5 Å². The van der Waals surface area contributed by atoms with E-state index in [9.17, 15) is 9.90 Å². The fourth-order valence-electron chi connectivity index (χ4n) is 2.88. The molecule has 3 aromatic rings. The zero-order valence-electron chi connectivity index (χ0n) is 15.7. The number of hydrogen-bond donors (Lipinski definition) is 3. The molecule has 140 valence electrons. The Kier molecular flexibility index (Phi) is 5.12. The van der Waals surface area contributed by atoms with Crippen molar-refractivity contribution in [3.8, 4) is 17.0 Å². The van der Waals surface area contributed by atoms with Crippen molar-refractivity contribution in [2.45, 2.75) is 33.8 Å². The Hall–Kier alpha value is -3.35. The number of aryl methyl sites for hydroxylation is 1. The van der Waals surface area contributed by atoms with Crippen LogP contribution < -0.4 is 5.32 Å². The van der Waals surface area contributed by atoms with Gasteiger partial charge >= 0.3 is 5.97 Å². The lowest BCUT2D eigenvalue weighted by atomic mass is 10.1. The molecule has 7 heteroatoms. The minimum Gasteiger partial charge on any atom is -0.508 e.